The molecule has 0 bridgehead atoms. The van der Waals surface area contributed by atoms with E-state index in [1.807, 2.05) is 0 Å². The fourth-order valence-electron chi connectivity index (χ4n) is 3.78. The number of piperidine rings is 1. The number of nitrogens with zero attached hydrogens (tertiary/aromatic N) is 2. The van der Waals surface area contributed by atoms with E-state index in [9.17, 15) is 9.90 Å². The molecule has 1 unspecified atom stereocenters. The fraction of sp³-hybridized carbons (Fsp3) is 0.647. The van der Waals surface area contributed by atoms with Gasteiger partial charge in [-0.15, -0.1) is 0 Å². The first-order chi connectivity index (χ1) is 10.7. The molecule has 0 aliphatic carbocycles. The number of hydrogen-bond donors (Lipinski definition) is 1. The predicted octanol–water partition coefficient (Wildman–Crippen LogP) is 2.42. The van der Waals surface area contributed by atoms with Gasteiger partial charge in [-0.3, -0.25) is 9.88 Å². The van der Waals surface area contributed by atoms with Crippen molar-refractivity contribution in [1.29, 1.82) is 0 Å². The van der Waals surface area contributed by atoms with E-state index >= 15 is 0 Å². The zero-order valence-corrected chi connectivity index (χ0v) is 12.9. The van der Waals surface area contributed by atoms with Crippen LogP contribution in [0, 0.1) is 11.8 Å². The van der Waals surface area contributed by atoms with Crippen LogP contribution in [-0.4, -0.2) is 47.3 Å². The summed E-state index contributed by atoms with van der Waals surface area (Å²) in [5, 5.41) is 9.28. The van der Waals surface area contributed by atoms with Crippen molar-refractivity contribution in [2.75, 3.05) is 26.3 Å². The molecule has 2 aliphatic heterocycles. The van der Waals surface area contributed by atoms with Crippen LogP contribution in [-0.2, 0) is 11.3 Å². The van der Waals surface area contributed by atoms with Crippen LogP contribution in [0.3, 0.4) is 0 Å². The molecule has 0 spiro atoms. The number of rotatable bonds is 4. The van der Waals surface area contributed by atoms with Gasteiger partial charge in [-0.2, -0.15) is 0 Å². The average molecular weight is 304 g/mol. The first-order valence-corrected chi connectivity index (χ1v) is 8.21. The number of likely N-dealkylation sites (tertiary alicyclic amines) is 1. The third-order valence-corrected chi connectivity index (χ3v) is 4.97. The van der Waals surface area contributed by atoms with Crippen molar-refractivity contribution in [2.24, 2.45) is 11.8 Å². The highest BCUT2D eigenvalue weighted by Gasteiger charge is 2.29. The minimum atomic E-state index is -0.888. The lowest BCUT2D eigenvalue weighted by molar-refractivity contribution is 0.0250. The van der Waals surface area contributed by atoms with Gasteiger partial charge in [0.05, 0.1) is 11.3 Å². The third kappa shape index (κ3) is 3.65. The van der Waals surface area contributed by atoms with E-state index in [0.29, 0.717) is 17.8 Å². The Morgan fingerprint density at radius 2 is 2.14 bits per heavy atom. The van der Waals surface area contributed by atoms with Crippen molar-refractivity contribution in [3.63, 3.8) is 0 Å². The number of hydrogen-bond acceptors (Lipinski definition) is 4. The molecule has 1 aromatic rings. The van der Waals surface area contributed by atoms with Gasteiger partial charge < -0.3 is 9.84 Å². The maximum atomic E-state index is 11.3. The lowest BCUT2D eigenvalue weighted by Gasteiger charge is -2.38. The summed E-state index contributed by atoms with van der Waals surface area (Å²) in [6.45, 7) is 4.52. The number of carbonyl (C=O) groups is 1. The predicted molar refractivity (Wildman–Crippen MR) is 82.7 cm³/mol. The minimum absolute atomic E-state index is 0.329. The molecule has 1 N–H and O–H groups in total. The van der Waals surface area contributed by atoms with Crippen molar-refractivity contribution in [3.05, 3.63) is 29.6 Å². The van der Waals surface area contributed by atoms with Crippen LogP contribution < -0.4 is 0 Å². The molecule has 22 heavy (non-hydrogen) atoms. The summed E-state index contributed by atoms with van der Waals surface area (Å²) in [5.74, 6) is 0.593. The normalized spacial score (nSPS) is 24.3. The van der Waals surface area contributed by atoms with Crippen LogP contribution in [0.1, 0.15) is 41.7 Å². The van der Waals surface area contributed by atoms with Crippen LogP contribution in [0.2, 0.25) is 0 Å². The van der Waals surface area contributed by atoms with E-state index in [4.69, 9.17) is 4.74 Å². The van der Waals surface area contributed by atoms with Crippen LogP contribution >= 0.6 is 0 Å². The Hall–Kier alpha value is -1.46. The highest BCUT2D eigenvalue weighted by molar-refractivity contribution is 5.88. The average Bonchev–Trinajstić information content (AvgIpc) is 2.56. The third-order valence-electron chi connectivity index (χ3n) is 4.97. The Bertz CT molecular complexity index is 514. The molecule has 0 radical (unpaired) electrons. The molecule has 120 valence electrons. The molecule has 2 aliphatic rings. The second kappa shape index (κ2) is 7.20. The molecule has 0 amide bonds. The second-order valence-electron chi connectivity index (χ2n) is 6.39. The van der Waals surface area contributed by atoms with E-state index in [0.717, 1.165) is 38.1 Å². The van der Waals surface area contributed by atoms with Gasteiger partial charge >= 0.3 is 5.97 Å². The summed E-state index contributed by atoms with van der Waals surface area (Å²) < 4.78 is 5.47. The molecule has 3 heterocycles. The second-order valence-corrected chi connectivity index (χ2v) is 6.39. The molecule has 1 atom stereocenters. The summed E-state index contributed by atoms with van der Waals surface area (Å²) in [4.78, 5) is 18.0. The Balaban J connectivity index is 1.64. The molecule has 0 saturated carbocycles. The van der Waals surface area contributed by atoms with E-state index in [1.165, 1.54) is 25.7 Å². The topological polar surface area (TPSA) is 62.7 Å². The summed E-state index contributed by atoms with van der Waals surface area (Å²) in [5.41, 5.74) is 1.01. The van der Waals surface area contributed by atoms with E-state index in [-0.39, 0.29) is 0 Å². The Morgan fingerprint density at radius 1 is 1.32 bits per heavy atom. The zero-order chi connectivity index (χ0) is 15.4. The number of aromatic carboxylic acids is 1. The van der Waals surface area contributed by atoms with Gasteiger partial charge in [0.2, 0.25) is 0 Å². The molecular weight excluding hydrogens is 280 g/mol. The lowest BCUT2D eigenvalue weighted by Crippen LogP contribution is -2.39. The lowest BCUT2D eigenvalue weighted by atomic mass is 9.81. The molecule has 0 aromatic carbocycles. The fourth-order valence-corrected chi connectivity index (χ4v) is 3.78. The first-order valence-electron chi connectivity index (χ1n) is 8.21. The Kier molecular flexibility index (Phi) is 5.05. The summed E-state index contributed by atoms with van der Waals surface area (Å²) in [7, 11) is 0. The van der Waals surface area contributed by atoms with E-state index in [2.05, 4.69) is 9.88 Å². The molecule has 1 aromatic heterocycles. The van der Waals surface area contributed by atoms with Crippen molar-refractivity contribution in [2.45, 2.75) is 32.2 Å². The van der Waals surface area contributed by atoms with Gasteiger partial charge in [0.1, 0.15) is 0 Å². The van der Waals surface area contributed by atoms with E-state index < -0.39 is 5.97 Å². The van der Waals surface area contributed by atoms with Gasteiger partial charge in [-0.05, 0) is 56.2 Å². The number of aromatic nitrogens is 1. The first kappa shape index (κ1) is 15.4. The number of ether oxygens (including phenoxy) is 1. The summed E-state index contributed by atoms with van der Waals surface area (Å²) in [6.07, 6.45) is 6.50. The number of carboxylic acids is 1. The highest BCUT2D eigenvalue weighted by Crippen LogP contribution is 2.31. The van der Waals surface area contributed by atoms with Crippen molar-refractivity contribution < 1.29 is 14.6 Å². The highest BCUT2D eigenvalue weighted by atomic mass is 16.5. The quantitative estimate of drug-likeness (QED) is 0.925. The summed E-state index contributed by atoms with van der Waals surface area (Å²) in [6, 6.07) is 3.33. The van der Waals surface area contributed by atoms with Crippen LogP contribution in [0.15, 0.2) is 18.3 Å². The zero-order valence-electron chi connectivity index (χ0n) is 12.9. The molecule has 2 saturated heterocycles. The van der Waals surface area contributed by atoms with Crippen LogP contribution in [0.5, 0.6) is 0 Å². The maximum absolute atomic E-state index is 11.3. The van der Waals surface area contributed by atoms with Gasteiger partial charge in [0.25, 0.3) is 0 Å². The van der Waals surface area contributed by atoms with Crippen molar-refractivity contribution in [1.82, 2.24) is 9.88 Å². The van der Waals surface area contributed by atoms with Crippen molar-refractivity contribution in [3.8, 4) is 0 Å². The van der Waals surface area contributed by atoms with Gasteiger partial charge in [0.15, 0.2) is 0 Å². The van der Waals surface area contributed by atoms with Gasteiger partial charge in [0, 0.05) is 32.5 Å². The van der Waals surface area contributed by atoms with Crippen LogP contribution in [0.25, 0.3) is 0 Å². The molecule has 3 rings (SSSR count). The van der Waals surface area contributed by atoms with E-state index in [1.54, 1.807) is 18.3 Å². The standard InChI is InChI=1S/C17H24N2O3/c20-17(21)15-4-1-7-18-16(15)12-19-8-2-3-14(11-19)13-5-9-22-10-6-13/h1,4,7,13-14H,2-3,5-6,8-12H2,(H,20,21). The van der Waals surface area contributed by atoms with Gasteiger partial charge in [-0.1, -0.05) is 0 Å². The Labute approximate surface area is 131 Å². The molecule has 5 nitrogen and oxygen atoms in total. The maximum Gasteiger partial charge on any atom is 0.337 e. The smallest absolute Gasteiger partial charge is 0.337 e. The number of pyridine rings is 1. The number of carboxylic acid groups (broad SMARTS) is 1. The Morgan fingerprint density at radius 3 is 2.91 bits per heavy atom. The molecule has 2 fully saturated rings. The molecule has 5 heteroatoms. The van der Waals surface area contributed by atoms with Gasteiger partial charge in [-0.25, -0.2) is 4.79 Å². The van der Waals surface area contributed by atoms with Crippen LogP contribution in [0.4, 0.5) is 0 Å². The van der Waals surface area contributed by atoms with Crippen molar-refractivity contribution >= 4 is 5.97 Å². The summed E-state index contributed by atoms with van der Waals surface area (Å²) >= 11 is 0. The monoisotopic (exact) mass is 304 g/mol. The SMILES string of the molecule is O=C(O)c1cccnc1CN1CCCC(C2CCOCC2)C1. The largest absolute Gasteiger partial charge is 0.478 e. The molecular formula is C17H24N2O3. The minimum Gasteiger partial charge on any atom is -0.478 e.